The quantitative estimate of drug-likeness (QED) is 0.766. The molecule has 0 bridgehead atoms. The highest BCUT2D eigenvalue weighted by Gasteiger charge is 2.23. The molecule has 3 rings (SSSR count). The van der Waals surface area contributed by atoms with Crippen molar-refractivity contribution in [3.05, 3.63) is 52.0 Å². The minimum absolute atomic E-state index is 0.0853. The van der Waals surface area contributed by atoms with Crippen LogP contribution in [0.25, 0.3) is 0 Å². The molecular weight excluding hydrogens is 376 g/mol. The molecule has 0 spiro atoms. The second-order valence-corrected chi connectivity index (χ2v) is 7.47. The Morgan fingerprint density at radius 3 is 2.57 bits per heavy atom. The van der Waals surface area contributed by atoms with Crippen LogP contribution in [0.2, 0.25) is 5.02 Å². The van der Waals surface area contributed by atoms with Gasteiger partial charge < -0.3 is 15.0 Å². The molecule has 0 unspecified atom stereocenters. The van der Waals surface area contributed by atoms with E-state index in [1.165, 1.54) is 0 Å². The van der Waals surface area contributed by atoms with E-state index in [-0.39, 0.29) is 18.4 Å². The number of rotatable bonds is 6. The van der Waals surface area contributed by atoms with Gasteiger partial charge in [-0.2, -0.15) is 0 Å². The summed E-state index contributed by atoms with van der Waals surface area (Å²) in [6.45, 7) is 6.49. The minimum atomic E-state index is -0.234. The van der Waals surface area contributed by atoms with Gasteiger partial charge in [-0.1, -0.05) is 18.5 Å². The van der Waals surface area contributed by atoms with E-state index in [4.69, 9.17) is 16.3 Å². The topological polar surface area (TPSA) is 58.6 Å². The normalized spacial score (nSPS) is 13.3. The Morgan fingerprint density at radius 1 is 1.18 bits per heavy atom. The second kappa shape index (κ2) is 8.65. The van der Waals surface area contributed by atoms with Crippen molar-refractivity contribution in [2.45, 2.75) is 40.0 Å². The molecule has 0 aliphatic carbocycles. The van der Waals surface area contributed by atoms with E-state index in [9.17, 15) is 9.59 Å². The van der Waals surface area contributed by atoms with Gasteiger partial charge in [0.05, 0.1) is 0 Å². The van der Waals surface area contributed by atoms with Gasteiger partial charge in [-0.25, -0.2) is 0 Å². The Morgan fingerprint density at radius 2 is 1.89 bits per heavy atom. The Labute approximate surface area is 170 Å². The summed E-state index contributed by atoms with van der Waals surface area (Å²) >= 11 is 6.16. The molecule has 1 aliphatic heterocycles. The number of hydrogen-bond acceptors (Lipinski definition) is 3. The zero-order chi connectivity index (χ0) is 20.3. The van der Waals surface area contributed by atoms with Crippen LogP contribution >= 0.6 is 11.6 Å². The first-order valence-electron chi connectivity index (χ1n) is 9.51. The fourth-order valence-corrected chi connectivity index (χ4v) is 3.55. The van der Waals surface area contributed by atoms with Crippen molar-refractivity contribution in [1.82, 2.24) is 0 Å². The number of carbonyl (C=O) groups excluding carboxylic acids is 2. The van der Waals surface area contributed by atoms with E-state index >= 15 is 0 Å². The molecule has 5 nitrogen and oxygen atoms in total. The number of amides is 2. The molecule has 148 valence electrons. The summed E-state index contributed by atoms with van der Waals surface area (Å²) in [4.78, 5) is 26.2. The molecule has 0 radical (unpaired) electrons. The predicted octanol–water partition coefficient (Wildman–Crippen LogP) is 4.66. The molecule has 0 fully saturated rings. The highest BCUT2D eigenvalue weighted by Crippen LogP contribution is 2.30. The van der Waals surface area contributed by atoms with Crippen LogP contribution < -0.4 is 15.0 Å². The SMILES string of the molecule is CCCN1C(=O)CCc2cc(NC(=O)COc3cc(C)c(Cl)c(C)c3)ccc21. The second-order valence-electron chi connectivity index (χ2n) is 7.10. The highest BCUT2D eigenvalue weighted by atomic mass is 35.5. The van der Waals surface area contributed by atoms with Gasteiger partial charge in [0.2, 0.25) is 5.91 Å². The molecule has 1 heterocycles. The molecule has 6 heteroatoms. The first kappa shape index (κ1) is 20.2. The maximum Gasteiger partial charge on any atom is 0.262 e. The Hall–Kier alpha value is -2.53. The smallest absolute Gasteiger partial charge is 0.262 e. The van der Waals surface area contributed by atoms with Crippen LogP contribution in [0.5, 0.6) is 5.75 Å². The fourth-order valence-electron chi connectivity index (χ4n) is 3.44. The molecule has 2 aromatic carbocycles. The monoisotopic (exact) mass is 400 g/mol. The summed E-state index contributed by atoms with van der Waals surface area (Å²) in [6, 6.07) is 9.32. The van der Waals surface area contributed by atoms with E-state index in [1.807, 2.05) is 49.1 Å². The van der Waals surface area contributed by atoms with E-state index in [2.05, 4.69) is 12.2 Å². The number of nitrogens with zero attached hydrogens (tertiary/aromatic N) is 1. The number of halogens is 1. The molecule has 1 N–H and O–H groups in total. The number of ether oxygens (including phenoxy) is 1. The number of hydrogen-bond donors (Lipinski definition) is 1. The summed E-state index contributed by atoms with van der Waals surface area (Å²) in [5.41, 5.74) is 4.56. The van der Waals surface area contributed by atoms with Crippen molar-refractivity contribution in [2.24, 2.45) is 0 Å². The number of carbonyl (C=O) groups is 2. The first-order valence-corrected chi connectivity index (χ1v) is 9.89. The van der Waals surface area contributed by atoms with Gasteiger partial charge in [0.1, 0.15) is 5.75 Å². The predicted molar refractivity (Wildman–Crippen MR) is 112 cm³/mol. The van der Waals surface area contributed by atoms with Crippen LogP contribution in [0.1, 0.15) is 36.5 Å². The summed E-state index contributed by atoms with van der Waals surface area (Å²) in [5, 5.41) is 3.58. The van der Waals surface area contributed by atoms with E-state index in [0.717, 1.165) is 28.8 Å². The minimum Gasteiger partial charge on any atom is -0.484 e. The summed E-state index contributed by atoms with van der Waals surface area (Å²) in [5.74, 6) is 0.546. The van der Waals surface area contributed by atoms with Crippen molar-refractivity contribution in [2.75, 3.05) is 23.4 Å². The van der Waals surface area contributed by atoms with Crippen LogP contribution in [-0.2, 0) is 16.0 Å². The molecule has 2 amide bonds. The van der Waals surface area contributed by atoms with E-state index < -0.39 is 0 Å². The van der Waals surface area contributed by atoms with Gasteiger partial charge in [-0.15, -0.1) is 0 Å². The third-order valence-corrected chi connectivity index (χ3v) is 5.39. The number of anilines is 2. The summed E-state index contributed by atoms with van der Waals surface area (Å²) < 4.78 is 5.61. The average molecular weight is 401 g/mol. The first-order chi connectivity index (χ1) is 13.4. The van der Waals surface area contributed by atoms with Gasteiger partial charge in [0, 0.05) is 29.4 Å². The van der Waals surface area contributed by atoms with Crippen LogP contribution in [0.4, 0.5) is 11.4 Å². The average Bonchev–Trinajstić information content (AvgIpc) is 2.66. The number of fused-ring (bicyclic) bond motifs is 1. The van der Waals surface area contributed by atoms with Gasteiger partial charge >= 0.3 is 0 Å². The van der Waals surface area contributed by atoms with Crippen molar-refractivity contribution in [3.8, 4) is 5.75 Å². The molecule has 0 saturated heterocycles. The van der Waals surface area contributed by atoms with Crippen LogP contribution in [0.15, 0.2) is 30.3 Å². The third kappa shape index (κ3) is 4.47. The summed E-state index contributed by atoms with van der Waals surface area (Å²) in [7, 11) is 0. The Bertz CT molecular complexity index is 888. The number of benzene rings is 2. The lowest BCUT2D eigenvalue weighted by molar-refractivity contribution is -0.119. The molecule has 0 aromatic heterocycles. The third-order valence-electron chi connectivity index (χ3n) is 4.79. The summed E-state index contributed by atoms with van der Waals surface area (Å²) in [6.07, 6.45) is 2.10. The molecule has 28 heavy (non-hydrogen) atoms. The lowest BCUT2D eigenvalue weighted by Gasteiger charge is -2.29. The van der Waals surface area contributed by atoms with Crippen molar-refractivity contribution in [3.63, 3.8) is 0 Å². The number of aryl methyl sites for hydroxylation is 3. The van der Waals surface area contributed by atoms with Crippen LogP contribution in [0.3, 0.4) is 0 Å². The van der Waals surface area contributed by atoms with Crippen molar-refractivity contribution in [1.29, 1.82) is 0 Å². The van der Waals surface area contributed by atoms with Crippen molar-refractivity contribution >= 4 is 34.8 Å². The largest absolute Gasteiger partial charge is 0.484 e. The zero-order valence-electron chi connectivity index (χ0n) is 16.5. The maximum absolute atomic E-state index is 12.3. The molecular formula is C22H25ClN2O3. The standard InChI is InChI=1S/C22H25ClN2O3/c1-4-9-25-19-7-6-17(12-16(19)5-8-21(25)27)24-20(26)13-28-18-10-14(2)22(23)15(3)11-18/h6-7,10-12H,4-5,8-9,13H2,1-3H3,(H,24,26). The van der Waals surface area contributed by atoms with Crippen LogP contribution in [-0.4, -0.2) is 25.0 Å². The Kier molecular flexibility index (Phi) is 6.25. The maximum atomic E-state index is 12.3. The molecule has 0 atom stereocenters. The van der Waals surface area contributed by atoms with Gasteiger partial charge in [0.15, 0.2) is 6.61 Å². The van der Waals surface area contributed by atoms with Gasteiger partial charge in [0.25, 0.3) is 5.91 Å². The lowest BCUT2D eigenvalue weighted by atomic mass is 10.00. The van der Waals surface area contributed by atoms with E-state index in [1.54, 1.807) is 0 Å². The molecule has 0 saturated carbocycles. The fraction of sp³-hybridized carbons (Fsp3) is 0.364. The number of nitrogens with one attached hydrogen (secondary N) is 1. The van der Waals surface area contributed by atoms with Gasteiger partial charge in [-0.3, -0.25) is 9.59 Å². The van der Waals surface area contributed by atoms with Crippen molar-refractivity contribution < 1.29 is 14.3 Å². The van der Waals surface area contributed by atoms with Crippen LogP contribution in [0, 0.1) is 13.8 Å². The van der Waals surface area contributed by atoms with E-state index in [0.29, 0.717) is 35.8 Å². The van der Waals surface area contributed by atoms with Gasteiger partial charge in [-0.05, 0) is 73.7 Å². The molecule has 2 aromatic rings. The highest BCUT2D eigenvalue weighted by molar-refractivity contribution is 6.32. The zero-order valence-corrected chi connectivity index (χ0v) is 17.2. The lowest BCUT2D eigenvalue weighted by Crippen LogP contribution is -2.35. The Balaban J connectivity index is 1.64. The molecule has 1 aliphatic rings.